The van der Waals surface area contributed by atoms with E-state index in [0.717, 1.165) is 12.5 Å². The highest BCUT2D eigenvalue weighted by Crippen LogP contribution is 2.26. The minimum absolute atomic E-state index is 0.410. The van der Waals surface area contributed by atoms with Crippen LogP contribution in [0.2, 0.25) is 19.1 Å². The molecule has 0 radical (unpaired) electrons. The number of hydrogen-bond acceptors (Lipinski definition) is 1. The standard InChI is InChI=1S/C13H24OSi/c1-8-10-15(6,7)14-13(5,9-2)11-12(3)4/h2,8,12H,1,10-11H2,3-7H3. The Morgan fingerprint density at radius 3 is 2.40 bits per heavy atom. The normalized spacial score (nSPS) is 15.8. The summed E-state index contributed by atoms with van der Waals surface area (Å²) < 4.78 is 6.16. The second-order valence-corrected chi connectivity index (χ2v) is 9.46. The summed E-state index contributed by atoms with van der Waals surface area (Å²) in [5, 5.41) is 0. The van der Waals surface area contributed by atoms with Crippen molar-refractivity contribution in [3.63, 3.8) is 0 Å². The fraction of sp³-hybridized carbons (Fsp3) is 0.692. The lowest BCUT2D eigenvalue weighted by atomic mass is 9.95. The first-order chi connectivity index (χ1) is 6.74. The number of hydrogen-bond donors (Lipinski definition) is 0. The van der Waals surface area contributed by atoms with Gasteiger partial charge < -0.3 is 4.43 Å². The lowest BCUT2D eigenvalue weighted by Gasteiger charge is -2.34. The van der Waals surface area contributed by atoms with Gasteiger partial charge in [-0.1, -0.05) is 25.8 Å². The van der Waals surface area contributed by atoms with E-state index in [1.807, 2.05) is 13.0 Å². The first kappa shape index (κ1) is 14.5. The van der Waals surface area contributed by atoms with Crippen molar-refractivity contribution in [2.24, 2.45) is 5.92 Å². The zero-order valence-electron chi connectivity index (χ0n) is 10.8. The van der Waals surface area contributed by atoms with Crippen LogP contribution < -0.4 is 0 Å². The summed E-state index contributed by atoms with van der Waals surface area (Å²) >= 11 is 0. The molecule has 2 heteroatoms. The van der Waals surface area contributed by atoms with E-state index in [4.69, 9.17) is 10.8 Å². The molecule has 0 saturated carbocycles. The molecule has 1 atom stereocenters. The zero-order chi connectivity index (χ0) is 12.1. The van der Waals surface area contributed by atoms with Gasteiger partial charge in [0.2, 0.25) is 0 Å². The van der Waals surface area contributed by atoms with E-state index >= 15 is 0 Å². The van der Waals surface area contributed by atoms with Crippen molar-refractivity contribution in [2.45, 2.75) is 51.9 Å². The molecular weight excluding hydrogens is 200 g/mol. The van der Waals surface area contributed by atoms with Gasteiger partial charge in [0.05, 0.1) is 0 Å². The molecule has 0 aliphatic carbocycles. The fourth-order valence-electron chi connectivity index (χ4n) is 1.91. The Labute approximate surface area is 96.0 Å². The quantitative estimate of drug-likeness (QED) is 0.378. The van der Waals surface area contributed by atoms with Gasteiger partial charge in [0.1, 0.15) is 5.60 Å². The molecule has 0 saturated heterocycles. The van der Waals surface area contributed by atoms with Gasteiger partial charge in [-0.2, -0.15) is 0 Å². The molecule has 0 rings (SSSR count). The Bertz CT molecular complexity index is 250. The van der Waals surface area contributed by atoms with Gasteiger partial charge in [-0.3, -0.25) is 0 Å². The van der Waals surface area contributed by atoms with Crippen molar-refractivity contribution < 1.29 is 4.43 Å². The first-order valence-electron chi connectivity index (χ1n) is 5.53. The maximum absolute atomic E-state index is 6.16. The summed E-state index contributed by atoms with van der Waals surface area (Å²) in [5.74, 6) is 3.36. The highest BCUT2D eigenvalue weighted by molar-refractivity contribution is 6.71. The lowest BCUT2D eigenvalue weighted by Crippen LogP contribution is -2.42. The van der Waals surface area contributed by atoms with E-state index < -0.39 is 13.9 Å². The van der Waals surface area contributed by atoms with Crippen molar-refractivity contribution in [1.29, 1.82) is 0 Å². The van der Waals surface area contributed by atoms with Crippen molar-refractivity contribution in [3.05, 3.63) is 12.7 Å². The van der Waals surface area contributed by atoms with E-state index in [-0.39, 0.29) is 0 Å². The predicted octanol–water partition coefficient (Wildman–Crippen LogP) is 3.83. The monoisotopic (exact) mass is 224 g/mol. The van der Waals surface area contributed by atoms with Crippen molar-refractivity contribution in [2.75, 3.05) is 0 Å². The summed E-state index contributed by atoms with van der Waals surface area (Å²) in [4.78, 5) is 0. The molecule has 0 N–H and O–H groups in total. The molecule has 0 spiro atoms. The minimum atomic E-state index is -1.69. The predicted molar refractivity (Wildman–Crippen MR) is 70.3 cm³/mol. The maximum atomic E-state index is 6.16. The molecule has 1 nitrogen and oxygen atoms in total. The smallest absolute Gasteiger partial charge is 0.192 e. The minimum Gasteiger partial charge on any atom is -0.401 e. The molecule has 0 aliphatic rings. The van der Waals surface area contributed by atoms with E-state index in [9.17, 15) is 0 Å². The van der Waals surface area contributed by atoms with Crippen LogP contribution >= 0.6 is 0 Å². The second-order valence-electron chi connectivity index (χ2n) is 5.33. The molecule has 0 aromatic heterocycles. The highest BCUT2D eigenvalue weighted by Gasteiger charge is 2.32. The molecule has 0 aromatic carbocycles. The molecule has 0 fully saturated rings. The molecule has 0 bridgehead atoms. The van der Waals surface area contributed by atoms with Gasteiger partial charge >= 0.3 is 0 Å². The maximum Gasteiger partial charge on any atom is 0.192 e. The Morgan fingerprint density at radius 1 is 1.53 bits per heavy atom. The average molecular weight is 224 g/mol. The number of allylic oxidation sites excluding steroid dienone is 1. The summed E-state index contributed by atoms with van der Waals surface area (Å²) in [5.41, 5.74) is -0.410. The van der Waals surface area contributed by atoms with Gasteiger partial charge in [-0.25, -0.2) is 0 Å². The van der Waals surface area contributed by atoms with E-state index in [0.29, 0.717) is 5.92 Å². The van der Waals surface area contributed by atoms with Crippen LogP contribution in [-0.2, 0) is 4.43 Å². The lowest BCUT2D eigenvalue weighted by molar-refractivity contribution is 0.116. The molecule has 0 heterocycles. The SMILES string of the molecule is C#CC(C)(CC(C)C)O[Si](C)(C)CC=C. The fourth-order valence-corrected chi connectivity index (χ4v) is 4.05. The van der Waals surface area contributed by atoms with Crippen LogP contribution in [0.15, 0.2) is 12.7 Å². The van der Waals surface area contributed by atoms with Gasteiger partial charge in [0, 0.05) is 0 Å². The van der Waals surface area contributed by atoms with Gasteiger partial charge in [-0.15, -0.1) is 13.0 Å². The third-order valence-corrected chi connectivity index (χ3v) is 4.52. The Kier molecular flexibility index (Phi) is 5.34. The van der Waals surface area contributed by atoms with E-state index in [1.54, 1.807) is 0 Å². The number of rotatable bonds is 6. The molecule has 86 valence electrons. The van der Waals surface area contributed by atoms with Crippen LogP contribution in [0, 0.1) is 18.3 Å². The second kappa shape index (κ2) is 5.53. The van der Waals surface area contributed by atoms with Gasteiger partial charge in [0.15, 0.2) is 8.32 Å². The summed E-state index contributed by atoms with van der Waals surface area (Å²) in [6, 6.07) is 0.947. The molecular formula is C13H24OSi. The third-order valence-electron chi connectivity index (χ3n) is 2.24. The number of terminal acetylenes is 1. The Morgan fingerprint density at radius 2 is 2.07 bits per heavy atom. The first-order valence-corrected chi connectivity index (χ1v) is 8.65. The molecule has 0 aliphatic heterocycles. The zero-order valence-corrected chi connectivity index (χ0v) is 11.8. The van der Waals surface area contributed by atoms with Crippen molar-refractivity contribution in [3.8, 4) is 12.3 Å². The molecule has 0 aromatic rings. The van der Waals surface area contributed by atoms with Gasteiger partial charge in [-0.05, 0) is 38.4 Å². The van der Waals surface area contributed by atoms with E-state index in [1.165, 1.54) is 0 Å². The molecule has 15 heavy (non-hydrogen) atoms. The molecule has 0 amide bonds. The van der Waals surface area contributed by atoms with Crippen LogP contribution in [0.4, 0.5) is 0 Å². The van der Waals surface area contributed by atoms with Crippen LogP contribution in [0.25, 0.3) is 0 Å². The Balaban J connectivity index is 4.57. The van der Waals surface area contributed by atoms with Crippen molar-refractivity contribution in [1.82, 2.24) is 0 Å². The van der Waals surface area contributed by atoms with Crippen LogP contribution in [-0.4, -0.2) is 13.9 Å². The summed E-state index contributed by atoms with van der Waals surface area (Å²) in [7, 11) is -1.69. The van der Waals surface area contributed by atoms with Gasteiger partial charge in [0.25, 0.3) is 0 Å². The molecule has 1 unspecified atom stereocenters. The Hall–Kier alpha value is -0.523. The van der Waals surface area contributed by atoms with Crippen LogP contribution in [0.1, 0.15) is 27.2 Å². The topological polar surface area (TPSA) is 9.23 Å². The van der Waals surface area contributed by atoms with Crippen LogP contribution in [0.5, 0.6) is 0 Å². The van der Waals surface area contributed by atoms with Crippen molar-refractivity contribution >= 4 is 8.32 Å². The van der Waals surface area contributed by atoms with E-state index in [2.05, 4.69) is 39.4 Å². The largest absolute Gasteiger partial charge is 0.401 e. The van der Waals surface area contributed by atoms with Crippen LogP contribution in [0.3, 0.4) is 0 Å². The summed E-state index contributed by atoms with van der Waals surface area (Å²) in [6.45, 7) is 14.5. The third kappa shape index (κ3) is 5.81. The average Bonchev–Trinajstić information content (AvgIpc) is 2.01. The highest BCUT2D eigenvalue weighted by atomic mass is 28.4. The summed E-state index contributed by atoms with van der Waals surface area (Å²) in [6.07, 6.45) is 8.42.